The van der Waals surface area contributed by atoms with Gasteiger partial charge in [-0.2, -0.15) is 0 Å². The Bertz CT molecular complexity index is 1080. The Morgan fingerprint density at radius 1 is 1.30 bits per heavy atom. The minimum absolute atomic E-state index is 0.0611. The molecule has 1 aromatic heterocycles. The second-order valence-electron chi connectivity index (χ2n) is 5.83. The number of ether oxygens (including phenoxy) is 1. The van der Waals surface area contributed by atoms with Crippen molar-refractivity contribution in [2.75, 3.05) is 12.4 Å². The van der Waals surface area contributed by atoms with Gasteiger partial charge in [-0.15, -0.1) is 11.3 Å². The number of halogens is 1. The van der Waals surface area contributed by atoms with E-state index < -0.39 is 4.92 Å². The summed E-state index contributed by atoms with van der Waals surface area (Å²) in [5.74, 6) is 0.379. The van der Waals surface area contributed by atoms with Crippen molar-refractivity contribution in [1.29, 1.82) is 0 Å². The number of benzene rings is 2. The molecular formula is C18H12BrN3O4S. The number of nitrogens with zero attached hydrogens (tertiary/aromatic N) is 2. The number of amides is 1. The Kier molecular flexibility index (Phi) is 4.40. The third-order valence-corrected chi connectivity index (χ3v) is 5.98. The SMILES string of the molecule is COc1ccc(Br)c2c1-c1nc(NC(=O)c3ccc([N+](=O)[O-])cc3)sc1C2. The first-order valence-electron chi connectivity index (χ1n) is 7.89. The lowest BCUT2D eigenvalue weighted by Crippen LogP contribution is -2.11. The zero-order valence-electron chi connectivity index (χ0n) is 14.0. The number of fused-ring (bicyclic) bond motifs is 3. The van der Waals surface area contributed by atoms with Crippen molar-refractivity contribution < 1.29 is 14.5 Å². The summed E-state index contributed by atoms with van der Waals surface area (Å²) in [5.41, 5.74) is 3.14. The maximum absolute atomic E-state index is 12.4. The Labute approximate surface area is 166 Å². The van der Waals surface area contributed by atoms with Crippen LogP contribution in [-0.4, -0.2) is 22.9 Å². The van der Waals surface area contributed by atoms with Gasteiger partial charge in [0.1, 0.15) is 5.75 Å². The number of hydrogen-bond acceptors (Lipinski definition) is 6. The molecule has 0 atom stereocenters. The van der Waals surface area contributed by atoms with E-state index in [0.29, 0.717) is 17.1 Å². The van der Waals surface area contributed by atoms with Gasteiger partial charge >= 0.3 is 0 Å². The number of carbonyl (C=O) groups excluding carboxylic acids is 1. The highest BCUT2D eigenvalue weighted by Gasteiger charge is 2.29. The van der Waals surface area contributed by atoms with Gasteiger partial charge in [-0.05, 0) is 29.8 Å². The van der Waals surface area contributed by atoms with Crippen LogP contribution >= 0.6 is 27.3 Å². The molecule has 136 valence electrons. The lowest BCUT2D eigenvalue weighted by molar-refractivity contribution is -0.384. The molecule has 1 heterocycles. The summed E-state index contributed by atoms with van der Waals surface area (Å²) in [7, 11) is 1.62. The van der Waals surface area contributed by atoms with Crippen molar-refractivity contribution in [2.45, 2.75) is 6.42 Å². The third-order valence-electron chi connectivity index (χ3n) is 4.27. The van der Waals surface area contributed by atoms with Gasteiger partial charge in [-0.3, -0.25) is 20.2 Å². The zero-order chi connectivity index (χ0) is 19.1. The number of hydrogen-bond donors (Lipinski definition) is 1. The number of nitro benzene ring substituents is 1. The number of nitro groups is 1. The first-order valence-corrected chi connectivity index (χ1v) is 9.50. The molecule has 3 aromatic rings. The summed E-state index contributed by atoms with van der Waals surface area (Å²) in [5, 5.41) is 14.0. The number of carbonyl (C=O) groups is 1. The van der Waals surface area contributed by atoms with Crippen LogP contribution in [0.5, 0.6) is 5.75 Å². The molecule has 0 fully saturated rings. The van der Waals surface area contributed by atoms with Crippen LogP contribution in [0, 0.1) is 10.1 Å². The van der Waals surface area contributed by atoms with E-state index in [1.54, 1.807) is 7.11 Å². The number of rotatable bonds is 4. The number of methoxy groups -OCH3 is 1. The minimum Gasteiger partial charge on any atom is -0.496 e. The molecule has 1 aliphatic carbocycles. The normalized spacial score (nSPS) is 11.6. The first-order chi connectivity index (χ1) is 13.0. The molecule has 2 aromatic carbocycles. The highest BCUT2D eigenvalue weighted by atomic mass is 79.9. The van der Waals surface area contributed by atoms with Crippen LogP contribution in [0.4, 0.5) is 10.8 Å². The van der Waals surface area contributed by atoms with Crippen molar-refractivity contribution >= 4 is 44.0 Å². The Morgan fingerprint density at radius 2 is 2.04 bits per heavy atom. The molecule has 27 heavy (non-hydrogen) atoms. The number of thiazole rings is 1. The number of aromatic nitrogens is 1. The topological polar surface area (TPSA) is 94.4 Å². The molecule has 0 unspecified atom stereocenters. The van der Waals surface area contributed by atoms with E-state index in [4.69, 9.17) is 4.74 Å². The number of nitrogens with one attached hydrogen (secondary N) is 1. The average molecular weight is 446 g/mol. The van der Waals surface area contributed by atoms with Crippen molar-refractivity contribution in [1.82, 2.24) is 4.98 Å². The monoisotopic (exact) mass is 445 g/mol. The standard InChI is InChI=1S/C18H12BrN3O4S/c1-26-13-7-6-12(19)11-8-14-16(15(11)13)20-18(27-14)21-17(23)9-2-4-10(5-3-9)22(24)25/h2-7H,8H2,1H3,(H,20,21,23). The molecule has 9 heteroatoms. The Morgan fingerprint density at radius 3 is 2.70 bits per heavy atom. The number of anilines is 1. The quantitative estimate of drug-likeness (QED) is 0.364. The van der Waals surface area contributed by atoms with E-state index in [-0.39, 0.29) is 11.6 Å². The fraction of sp³-hybridized carbons (Fsp3) is 0.111. The van der Waals surface area contributed by atoms with E-state index in [2.05, 4.69) is 26.2 Å². The van der Waals surface area contributed by atoms with Crippen molar-refractivity contribution in [2.24, 2.45) is 0 Å². The molecule has 1 aliphatic rings. The fourth-order valence-corrected chi connectivity index (χ4v) is 4.43. The second-order valence-corrected chi connectivity index (χ2v) is 7.77. The Hall–Kier alpha value is -2.78. The van der Waals surface area contributed by atoms with Crippen molar-refractivity contribution in [3.05, 3.63) is 67.0 Å². The molecule has 0 spiro atoms. The maximum Gasteiger partial charge on any atom is 0.269 e. The van der Waals surface area contributed by atoms with Gasteiger partial charge in [0.05, 0.1) is 17.7 Å². The minimum atomic E-state index is -0.504. The Balaban J connectivity index is 1.60. The van der Waals surface area contributed by atoms with Crippen LogP contribution in [0.2, 0.25) is 0 Å². The number of non-ortho nitro benzene ring substituents is 1. The molecule has 0 bridgehead atoms. The molecule has 0 aliphatic heterocycles. The predicted octanol–water partition coefficient (Wildman–Crippen LogP) is 4.65. The van der Waals surface area contributed by atoms with Gasteiger partial charge in [-0.1, -0.05) is 15.9 Å². The average Bonchev–Trinajstić information content (AvgIpc) is 3.20. The largest absolute Gasteiger partial charge is 0.496 e. The maximum atomic E-state index is 12.4. The molecule has 7 nitrogen and oxygen atoms in total. The molecule has 0 radical (unpaired) electrons. The van der Waals surface area contributed by atoms with Gasteiger partial charge in [0.2, 0.25) is 0 Å². The van der Waals surface area contributed by atoms with Crippen LogP contribution in [0.1, 0.15) is 20.8 Å². The summed E-state index contributed by atoms with van der Waals surface area (Å²) >= 11 is 4.97. The van der Waals surface area contributed by atoms with Gasteiger partial charge in [0, 0.05) is 39.0 Å². The molecule has 0 saturated heterocycles. The molecule has 0 saturated carbocycles. The lowest BCUT2D eigenvalue weighted by atomic mass is 10.1. The van der Waals surface area contributed by atoms with Crippen molar-refractivity contribution in [3.8, 4) is 17.0 Å². The van der Waals surface area contributed by atoms with Gasteiger partial charge in [-0.25, -0.2) is 4.98 Å². The van der Waals surface area contributed by atoms with E-state index >= 15 is 0 Å². The smallest absolute Gasteiger partial charge is 0.269 e. The summed E-state index contributed by atoms with van der Waals surface area (Å²) in [6.45, 7) is 0. The van der Waals surface area contributed by atoms with Crippen LogP contribution < -0.4 is 10.1 Å². The second kappa shape index (κ2) is 6.75. The third kappa shape index (κ3) is 3.08. The van der Waals surface area contributed by atoms with Crippen LogP contribution in [0.15, 0.2) is 40.9 Å². The van der Waals surface area contributed by atoms with E-state index in [9.17, 15) is 14.9 Å². The summed E-state index contributed by atoms with van der Waals surface area (Å²) in [6, 6.07) is 9.27. The van der Waals surface area contributed by atoms with Gasteiger partial charge in [0.25, 0.3) is 11.6 Å². The van der Waals surface area contributed by atoms with E-state index in [1.807, 2.05) is 12.1 Å². The van der Waals surface area contributed by atoms with E-state index in [1.165, 1.54) is 35.6 Å². The predicted molar refractivity (Wildman–Crippen MR) is 106 cm³/mol. The molecule has 4 rings (SSSR count). The zero-order valence-corrected chi connectivity index (χ0v) is 16.4. The molecule has 1 amide bonds. The van der Waals surface area contributed by atoms with Crippen LogP contribution in [-0.2, 0) is 6.42 Å². The highest BCUT2D eigenvalue weighted by molar-refractivity contribution is 9.10. The van der Waals surface area contributed by atoms with E-state index in [0.717, 1.165) is 31.9 Å². The molecule has 1 N–H and O–H groups in total. The van der Waals surface area contributed by atoms with Gasteiger partial charge < -0.3 is 4.74 Å². The highest BCUT2D eigenvalue weighted by Crippen LogP contribution is 2.48. The molecular weight excluding hydrogens is 434 g/mol. The fourth-order valence-electron chi connectivity index (χ4n) is 2.99. The van der Waals surface area contributed by atoms with Crippen molar-refractivity contribution in [3.63, 3.8) is 0 Å². The summed E-state index contributed by atoms with van der Waals surface area (Å²) in [4.78, 5) is 28.2. The summed E-state index contributed by atoms with van der Waals surface area (Å²) < 4.78 is 6.46. The summed E-state index contributed by atoms with van der Waals surface area (Å²) in [6.07, 6.45) is 0.716. The first kappa shape index (κ1) is 17.6. The van der Waals surface area contributed by atoms with Crippen LogP contribution in [0.3, 0.4) is 0 Å². The van der Waals surface area contributed by atoms with Crippen LogP contribution in [0.25, 0.3) is 11.3 Å². The lowest BCUT2D eigenvalue weighted by Gasteiger charge is -2.08. The van der Waals surface area contributed by atoms with Gasteiger partial charge in [0.15, 0.2) is 5.13 Å².